The first-order chi connectivity index (χ1) is 11.8. The number of nitrogens with one attached hydrogen (secondary N) is 2. The standard InChI is InChI=1S/C16H21F3N4O2/c1-20-14(24)9-22-15(21-2)23-6-7-25-13(10-23)11-4-3-5-12(8-11)16(17,18)19/h3-5,8,13H,6-7,9-10H2,1-2H3,(H,20,24)(H,21,22). The molecule has 1 heterocycles. The highest BCUT2D eigenvalue weighted by Crippen LogP contribution is 2.32. The van der Waals surface area contributed by atoms with Crippen molar-refractivity contribution in [3.8, 4) is 0 Å². The van der Waals surface area contributed by atoms with E-state index in [0.29, 0.717) is 31.2 Å². The predicted molar refractivity (Wildman–Crippen MR) is 87.1 cm³/mol. The van der Waals surface area contributed by atoms with Crippen LogP contribution in [0.2, 0.25) is 0 Å². The van der Waals surface area contributed by atoms with Gasteiger partial charge in [0.15, 0.2) is 5.96 Å². The van der Waals surface area contributed by atoms with Crippen LogP contribution < -0.4 is 10.6 Å². The Hall–Kier alpha value is -2.29. The van der Waals surface area contributed by atoms with Crippen molar-refractivity contribution < 1.29 is 22.7 Å². The van der Waals surface area contributed by atoms with Gasteiger partial charge in [-0.05, 0) is 17.7 Å². The average Bonchev–Trinajstić information content (AvgIpc) is 2.61. The van der Waals surface area contributed by atoms with Crippen LogP contribution in [-0.2, 0) is 15.7 Å². The molecule has 1 aromatic carbocycles. The summed E-state index contributed by atoms with van der Waals surface area (Å²) in [6.07, 6.45) is -4.90. The fourth-order valence-electron chi connectivity index (χ4n) is 2.54. The number of alkyl halides is 3. The lowest BCUT2D eigenvalue weighted by Gasteiger charge is -2.35. The van der Waals surface area contributed by atoms with Gasteiger partial charge in [0.1, 0.15) is 6.10 Å². The number of hydrogen-bond acceptors (Lipinski definition) is 3. The van der Waals surface area contributed by atoms with E-state index in [9.17, 15) is 18.0 Å². The van der Waals surface area contributed by atoms with Crippen molar-refractivity contribution >= 4 is 11.9 Å². The zero-order valence-electron chi connectivity index (χ0n) is 14.1. The Bertz CT molecular complexity index is 634. The molecule has 2 rings (SSSR count). The minimum Gasteiger partial charge on any atom is -0.370 e. The van der Waals surface area contributed by atoms with Crippen LogP contribution in [0.1, 0.15) is 17.2 Å². The number of guanidine groups is 1. The first kappa shape index (κ1) is 19.0. The van der Waals surface area contributed by atoms with Gasteiger partial charge in [-0.25, -0.2) is 0 Å². The summed E-state index contributed by atoms with van der Waals surface area (Å²) in [5.41, 5.74) is -0.242. The van der Waals surface area contributed by atoms with E-state index in [1.807, 2.05) is 4.90 Å². The summed E-state index contributed by atoms with van der Waals surface area (Å²) >= 11 is 0. The fourth-order valence-corrected chi connectivity index (χ4v) is 2.54. The molecule has 9 heteroatoms. The van der Waals surface area contributed by atoms with Gasteiger partial charge in [-0.2, -0.15) is 13.2 Å². The number of likely N-dealkylation sites (N-methyl/N-ethyl adjacent to an activating group) is 1. The molecule has 0 radical (unpaired) electrons. The van der Waals surface area contributed by atoms with E-state index >= 15 is 0 Å². The topological polar surface area (TPSA) is 66.0 Å². The van der Waals surface area contributed by atoms with Crippen molar-refractivity contribution in [1.29, 1.82) is 0 Å². The maximum absolute atomic E-state index is 12.9. The van der Waals surface area contributed by atoms with E-state index in [0.717, 1.165) is 12.1 Å². The molecule has 1 atom stereocenters. The molecule has 0 bridgehead atoms. The van der Waals surface area contributed by atoms with Crippen LogP contribution in [0.15, 0.2) is 29.3 Å². The summed E-state index contributed by atoms with van der Waals surface area (Å²) in [4.78, 5) is 17.3. The van der Waals surface area contributed by atoms with Crippen molar-refractivity contribution in [3.63, 3.8) is 0 Å². The van der Waals surface area contributed by atoms with Gasteiger partial charge in [0.2, 0.25) is 5.91 Å². The van der Waals surface area contributed by atoms with Crippen molar-refractivity contribution in [2.24, 2.45) is 4.99 Å². The van der Waals surface area contributed by atoms with Crippen LogP contribution in [0.5, 0.6) is 0 Å². The van der Waals surface area contributed by atoms with Gasteiger partial charge in [-0.15, -0.1) is 0 Å². The van der Waals surface area contributed by atoms with E-state index in [1.54, 1.807) is 13.1 Å². The summed E-state index contributed by atoms with van der Waals surface area (Å²) in [6.45, 7) is 1.29. The number of hydrogen-bond donors (Lipinski definition) is 2. The summed E-state index contributed by atoms with van der Waals surface area (Å²) in [5, 5.41) is 5.42. The van der Waals surface area contributed by atoms with Crippen molar-refractivity contribution in [2.75, 3.05) is 40.3 Å². The Balaban J connectivity index is 2.08. The lowest BCUT2D eigenvalue weighted by atomic mass is 10.0. The van der Waals surface area contributed by atoms with E-state index in [1.165, 1.54) is 13.1 Å². The predicted octanol–water partition coefficient (Wildman–Crippen LogP) is 1.40. The summed E-state index contributed by atoms with van der Waals surface area (Å²) in [7, 11) is 3.12. The van der Waals surface area contributed by atoms with E-state index in [2.05, 4.69) is 15.6 Å². The Kier molecular flexibility index (Phi) is 6.24. The minimum atomic E-state index is -4.39. The molecular weight excluding hydrogens is 337 g/mol. The number of carbonyl (C=O) groups is 1. The Labute approximate surface area is 144 Å². The van der Waals surface area contributed by atoms with E-state index in [-0.39, 0.29) is 12.5 Å². The largest absolute Gasteiger partial charge is 0.416 e. The Morgan fingerprint density at radius 2 is 2.20 bits per heavy atom. The maximum Gasteiger partial charge on any atom is 0.416 e. The summed E-state index contributed by atoms with van der Waals surface area (Å²) < 4.78 is 44.3. The van der Waals surface area contributed by atoms with E-state index in [4.69, 9.17) is 4.74 Å². The van der Waals surface area contributed by atoms with Gasteiger partial charge in [0.25, 0.3) is 0 Å². The summed E-state index contributed by atoms with van der Waals surface area (Å²) in [5.74, 6) is 0.313. The highest BCUT2D eigenvalue weighted by Gasteiger charge is 2.32. The molecule has 0 aromatic heterocycles. The number of morpholine rings is 1. The molecule has 0 aliphatic carbocycles. The first-order valence-electron chi connectivity index (χ1n) is 7.80. The second-order valence-corrected chi connectivity index (χ2v) is 5.50. The average molecular weight is 358 g/mol. The summed E-state index contributed by atoms with van der Waals surface area (Å²) in [6, 6.07) is 5.13. The number of benzene rings is 1. The number of ether oxygens (including phenoxy) is 1. The third-order valence-electron chi connectivity index (χ3n) is 3.85. The highest BCUT2D eigenvalue weighted by atomic mass is 19.4. The third kappa shape index (κ3) is 5.09. The molecule has 138 valence electrons. The van der Waals surface area contributed by atoms with Crippen LogP contribution in [-0.4, -0.2) is 57.1 Å². The Morgan fingerprint density at radius 1 is 1.44 bits per heavy atom. The monoisotopic (exact) mass is 358 g/mol. The van der Waals surface area contributed by atoms with Crippen molar-refractivity contribution in [3.05, 3.63) is 35.4 Å². The number of rotatable bonds is 3. The molecule has 6 nitrogen and oxygen atoms in total. The van der Waals surface area contributed by atoms with Gasteiger partial charge in [0.05, 0.1) is 25.3 Å². The number of nitrogens with zero attached hydrogens (tertiary/aromatic N) is 2. The molecule has 1 aliphatic heterocycles. The number of halogens is 3. The smallest absolute Gasteiger partial charge is 0.370 e. The van der Waals surface area contributed by atoms with Crippen LogP contribution in [0.3, 0.4) is 0 Å². The van der Waals surface area contributed by atoms with Gasteiger partial charge < -0.3 is 20.3 Å². The lowest BCUT2D eigenvalue weighted by molar-refractivity contribution is -0.137. The zero-order valence-corrected chi connectivity index (χ0v) is 14.1. The van der Waals surface area contributed by atoms with Crippen LogP contribution in [0.4, 0.5) is 13.2 Å². The highest BCUT2D eigenvalue weighted by molar-refractivity contribution is 5.86. The van der Waals surface area contributed by atoms with Gasteiger partial charge in [-0.3, -0.25) is 9.79 Å². The quantitative estimate of drug-likeness (QED) is 0.633. The number of aliphatic imine (C=N–C) groups is 1. The molecule has 2 N–H and O–H groups in total. The molecule has 1 aliphatic rings. The third-order valence-corrected chi connectivity index (χ3v) is 3.85. The second kappa shape index (κ2) is 8.19. The maximum atomic E-state index is 12.9. The van der Waals surface area contributed by atoms with Crippen molar-refractivity contribution in [2.45, 2.75) is 12.3 Å². The van der Waals surface area contributed by atoms with Gasteiger partial charge in [-0.1, -0.05) is 12.1 Å². The first-order valence-corrected chi connectivity index (χ1v) is 7.80. The van der Waals surface area contributed by atoms with Crippen molar-refractivity contribution in [1.82, 2.24) is 15.5 Å². The SMILES string of the molecule is CN=C(NCC(=O)NC)N1CCOC(c2cccc(C(F)(F)F)c2)C1. The number of amides is 1. The van der Waals surface area contributed by atoms with Gasteiger partial charge >= 0.3 is 6.18 Å². The molecular formula is C16H21F3N4O2. The molecule has 0 spiro atoms. The fraction of sp³-hybridized carbons (Fsp3) is 0.500. The zero-order chi connectivity index (χ0) is 18.4. The lowest BCUT2D eigenvalue weighted by Crippen LogP contribution is -2.50. The molecule has 0 saturated carbocycles. The molecule has 1 aromatic rings. The van der Waals surface area contributed by atoms with E-state index < -0.39 is 17.8 Å². The Morgan fingerprint density at radius 3 is 2.84 bits per heavy atom. The van der Waals surface area contributed by atoms with Gasteiger partial charge in [0, 0.05) is 20.6 Å². The normalized spacial score (nSPS) is 18.8. The molecule has 1 fully saturated rings. The molecule has 1 amide bonds. The second-order valence-electron chi connectivity index (χ2n) is 5.50. The molecule has 25 heavy (non-hydrogen) atoms. The van der Waals surface area contributed by atoms with Crippen LogP contribution in [0, 0.1) is 0 Å². The van der Waals surface area contributed by atoms with Crippen LogP contribution >= 0.6 is 0 Å². The molecule has 1 unspecified atom stereocenters. The minimum absolute atomic E-state index is 0.0642. The van der Waals surface area contributed by atoms with Crippen LogP contribution in [0.25, 0.3) is 0 Å². The molecule has 1 saturated heterocycles. The number of carbonyl (C=O) groups excluding carboxylic acids is 1.